The summed E-state index contributed by atoms with van der Waals surface area (Å²) in [5, 5.41) is 0. The van der Waals surface area contributed by atoms with Crippen molar-refractivity contribution in [3.05, 3.63) is 28.8 Å². The van der Waals surface area contributed by atoms with E-state index < -0.39 is 0 Å². The number of benzene rings is 1. The fraction of sp³-hybridized carbons (Fsp3) is 0.500. The Morgan fingerprint density at radius 3 is 2.10 bits per heavy atom. The van der Waals surface area contributed by atoms with E-state index in [0.717, 1.165) is 16.9 Å². The first-order valence-corrected chi connectivity index (χ1v) is 7.14. The molecule has 5 nitrogen and oxygen atoms in total. The second-order valence-electron chi connectivity index (χ2n) is 5.44. The van der Waals surface area contributed by atoms with Gasteiger partial charge in [0.2, 0.25) is 5.91 Å². The van der Waals surface area contributed by atoms with Gasteiger partial charge in [0.1, 0.15) is 5.75 Å². The van der Waals surface area contributed by atoms with Crippen LogP contribution in [0.5, 0.6) is 5.75 Å². The summed E-state index contributed by atoms with van der Waals surface area (Å²) in [6.45, 7) is 7.80. The number of ether oxygens (including phenoxy) is 1. The molecular weight excluding hydrogens is 268 g/mol. The molecule has 21 heavy (non-hydrogen) atoms. The Kier molecular flexibility index (Phi) is 4.50. The maximum absolute atomic E-state index is 12.6. The normalized spacial score (nSPS) is 15.0. The van der Waals surface area contributed by atoms with E-state index >= 15 is 0 Å². The third-order valence-electron chi connectivity index (χ3n) is 3.98. The lowest BCUT2D eigenvalue weighted by atomic mass is 10.0. The highest BCUT2D eigenvalue weighted by Crippen LogP contribution is 2.23. The van der Waals surface area contributed by atoms with Gasteiger partial charge in [-0.25, -0.2) is 0 Å². The second-order valence-corrected chi connectivity index (χ2v) is 5.44. The van der Waals surface area contributed by atoms with Crippen LogP contribution in [0.4, 0.5) is 0 Å². The Morgan fingerprint density at radius 1 is 1.00 bits per heavy atom. The van der Waals surface area contributed by atoms with Crippen LogP contribution < -0.4 is 4.74 Å². The van der Waals surface area contributed by atoms with Gasteiger partial charge in [-0.3, -0.25) is 9.59 Å². The quantitative estimate of drug-likeness (QED) is 0.831. The first kappa shape index (κ1) is 15.4. The number of methoxy groups -OCH3 is 1. The van der Waals surface area contributed by atoms with Crippen LogP contribution in [0.15, 0.2) is 12.1 Å². The lowest BCUT2D eigenvalue weighted by molar-refractivity contribution is -0.130. The molecule has 0 bridgehead atoms. The Labute approximate surface area is 125 Å². The van der Waals surface area contributed by atoms with Crippen molar-refractivity contribution in [3.63, 3.8) is 0 Å². The van der Waals surface area contributed by atoms with E-state index in [4.69, 9.17) is 4.74 Å². The van der Waals surface area contributed by atoms with E-state index in [1.54, 1.807) is 18.9 Å². The highest BCUT2D eigenvalue weighted by molar-refractivity contribution is 5.96. The molecule has 1 saturated heterocycles. The predicted octanol–water partition coefficient (Wildman–Crippen LogP) is 1.62. The number of carbonyl (C=O) groups is 2. The first-order chi connectivity index (χ1) is 9.93. The summed E-state index contributed by atoms with van der Waals surface area (Å²) < 4.78 is 5.28. The van der Waals surface area contributed by atoms with Crippen molar-refractivity contribution in [2.75, 3.05) is 33.3 Å². The first-order valence-electron chi connectivity index (χ1n) is 7.14. The van der Waals surface area contributed by atoms with Crippen molar-refractivity contribution < 1.29 is 14.3 Å². The number of carbonyl (C=O) groups excluding carboxylic acids is 2. The van der Waals surface area contributed by atoms with Gasteiger partial charge in [-0.2, -0.15) is 0 Å². The second kappa shape index (κ2) is 6.16. The van der Waals surface area contributed by atoms with Crippen LogP contribution in [0.3, 0.4) is 0 Å². The van der Waals surface area contributed by atoms with Crippen LogP contribution in [0.25, 0.3) is 0 Å². The number of rotatable bonds is 2. The summed E-state index contributed by atoms with van der Waals surface area (Å²) in [6, 6.07) is 3.78. The number of nitrogens with zero attached hydrogens (tertiary/aromatic N) is 2. The van der Waals surface area contributed by atoms with Crippen LogP contribution >= 0.6 is 0 Å². The SMILES string of the molecule is COc1cc(C)c(C(=O)N2CCN(C(C)=O)CC2)cc1C. The van der Waals surface area contributed by atoms with E-state index in [0.29, 0.717) is 31.7 Å². The highest BCUT2D eigenvalue weighted by atomic mass is 16.5. The number of hydrogen-bond donors (Lipinski definition) is 0. The lowest BCUT2D eigenvalue weighted by Gasteiger charge is -2.34. The number of hydrogen-bond acceptors (Lipinski definition) is 3. The molecule has 0 spiro atoms. The van der Waals surface area contributed by atoms with E-state index in [1.807, 2.05) is 30.9 Å². The maximum Gasteiger partial charge on any atom is 0.254 e. The standard InChI is InChI=1S/C16H22N2O3/c1-11-10-15(21-4)12(2)9-14(11)16(20)18-7-5-17(6-8-18)13(3)19/h9-10H,5-8H2,1-4H3. The van der Waals surface area contributed by atoms with E-state index in [-0.39, 0.29) is 11.8 Å². The molecule has 0 N–H and O–H groups in total. The van der Waals surface area contributed by atoms with Crippen LogP contribution in [-0.4, -0.2) is 54.9 Å². The van der Waals surface area contributed by atoms with Gasteiger partial charge in [-0.05, 0) is 37.1 Å². The molecule has 1 heterocycles. The minimum atomic E-state index is 0.0291. The fourth-order valence-electron chi connectivity index (χ4n) is 2.63. The number of piperazine rings is 1. The molecule has 1 aliphatic heterocycles. The largest absolute Gasteiger partial charge is 0.496 e. The van der Waals surface area contributed by atoms with Gasteiger partial charge in [-0.1, -0.05) is 0 Å². The Balaban J connectivity index is 2.14. The lowest BCUT2D eigenvalue weighted by Crippen LogP contribution is -2.50. The molecule has 0 unspecified atom stereocenters. The van der Waals surface area contributed by atoms with Crippen molar-refractivity contribution in [3.8, 4) is 5.75 Å². The molecule has 5 heteroatoms. The molecule has 2 rings (SSSR count). The van der Waals surface area contributed by atoms with Crippen LogP contribution in [-0.2, 0) is 4.79 Å². The third kappa shape index (κ3) is 3.17. The minimum absolute atomic E-state index is 0.0291. The average Bonchev–Trinajstić information content (AvgIpc) is 2.48. The van der Waals surface area contributed by atoms with Crippen molar-refractivity contribution in [1.82, 2.24) is 9.80 Å². The summed E-state index contributed by atoms with van der Waals surface area (Å²) in [7, 11) is 1.63. The third-order valence-corrected chi connectivity index (χ3v) is 3.98. The number of aryl methyl sites for hydroxylation is 2. The summed E-state index contributed by atoms with van der Waals surface area (Å²) in [4.78, 5) is 27.5. The Bertz CT molecular complexity index is 561. The molecule has 0 radical (unpaired) electrons. The van der Waals surface area contributed by atoms with Gasteiger partial charge < -0.3 is 14.5 Å². The molecule has 1 fully saturated rings. The molecule has 114 valence electrons. The van der Waals surface area contributed by atoms with Crippen molar-refractivity contribution in [1.29, 1.82) is 0 Å². The summed E-state index contributed by atoms with van der Waals surface area (Å²) >= 11 is 0. The smallest absolute Gasteiger partial charge is 0.254 e. The topological polar surface area (TPSA) is 49.9 Å². The number of amides is 2. The zero-order valence-electron chi connectivity index (χ0n) is 13.1. The molecular formula is C16H22N2O3. The summed E-state index contributed by atoms with van der Waals surface area (Å²) in [6.07, 6.45) is 0. The fourth-order valence-corrected chi connectivity index (χ4v) is 2.63. The summed E-state index contributed by atoms with van der Waals surface area (Å²) in [5.74, 6) is 0.894. The van der Waals surface area contributed by atoms with Gasteiger partial charge >= 0.3 is 0 Å². The van der Waals surface area contributed by atoms with Crippen LogP contribution in [0.1, 0.15) is 28.4 Å². The average molecular weight is 290 g/mol. The molecule has 1 aromatic carbocycles. The van der Waals surface area contributed by atoms with E-state index in [1.165, 1.54) is 0 Å². The van der Waals surface area contributed by atoms with Gasteiger partial charge in [0.25, 0.3) is 5.91 Å². The molecule has 0 atom stereocenters. The molecule has 1 aliphatic rings. The van der Waals surface area contributed by atoms with Gasteiger partial charge in [0, 0.05) is 38.7 Å². The van der Waals surface area contributed by atoms with Gasteiger partial charge in [0.05, 0.1) is 7.11 Å². The zero-order valence-corrected chi connectivity index (χ0v) is 13.1. The highest BCUT2D eigenvalue weighted by Gasteiger charge is 2.24. The van der Waals surface area contributed by atoms with Gasteiger partial charge in [-0.15, -0.1) is 0 Å². The predicted molar refractivity (Wildman–Crippen MR) is 80.6 cm³/mol. The summed E-state index contributed by atoms with van der Waals surface area (Å²) in [5.41, 5.74) is 2.58. The molecule has 0 saturated carbocycles. The van der Waals surface area contributed by atoms with Crippen LogP contribution in [0, 0.1) is 13.8 Å². The zero-order chi connectivity index (χ0) is 15.6. The maximum atomic E-state index is 12.6. The minimum Gasteiger partial charge on any atom is -0.496 e. The van der Waals surface area contributed by atoms with Gasteiger partial charge in [0.15, 0.2) is 0 Å². The van der Waals surface area contributed by atoms with E-state index in [9.17, 15) is 9.59 Å². The van der Waals surface area contributed by atoms with Crippen molar-refractivity contribution >= 4 is 11.8 Å². The van der Waals surface area contributed by atoms with E-state index in [2.05, 4.69) is 0 Å². The Hall–Kier alpha value is -2.04. The molecule has 0 aromatic heterocycles. The van der Waals surface area contributed by atoms with Crippen LogP contribution in [0.2, 0.25) is 0 Å². The molecule has 2 amide bonds. The van der Waals surface area contributed by atoms with Crippen molar-refractivity contribution in [2.45, 2.75) is 20.8 Å². The van der Waals surface area contributed by atoms with Crippen molar-refractivity contribution in [2.24, 2.45) is 0 Å². The molecule has 0 aliphatic carbocycles. The monoisotopic (exact) mass is 290 g/mol. The molecule has 1 aromatic rings. The Morgan fingerprint density at radius 2 is 1.57 bits per heavy atom.